The molecule has 3 rings (SSSR count). The lowest BCUT2D eigenvalue weighted by Gasteiger charge is -2.57. The molecule has 1 aromatic rings. The molecule has 2 aliphatic rings. The van der Waals surface area contributed by atoms with Gasteiger partial charge in [0.25, 0.3) is 0 Å². The quantitative estimate of drug-likeness (QED) is 0.700. The second kappa shape index (κ2) is 6.01. The topological polar surface area (TPSA) is 34.1 Å². The van der Waals surface area contributed by atoms with Gasteiger partial charge in [-0.2, -0.15) is 0 Å². The molecule has 3 heteroatoms. The van der Waals surface area contributed by atoms with E-state index < -0.39 is 9.84 Å². The number of hydrogen-bond donors (Lipinski definition) is 0. The van der Waals surface area contributed by atoms with Crippen molar-refractivity contribution in [3.63, 3.8) is 0 Å². The van der Waals surface area contributed by atoms with Crippen LogP contribution in [0.3, 0.4) is 0 Å². The van der Waals surface area contributed by atoms with Crippen LogP contribution < -0.4 is 0 Å². The first-order valence-corrected chi connectivity index (χ1v) is 10.8. The van der Waals surface area contributed by atoms with Crippen molar-refractivity contribution in [2.24, 2.45) is 22.7 Å². The monoisotopic (exact) mass is 346 g/mol. The summed E-state index contributed by atoms with van der Waals surface area (Å²) in [7, 11) is -3.28. The van der Waals surface area contributed by atoms with Crippen molar-refractivity contribution in [1.29, 1.82) is 0 Å². The normalized spacial score (nSPS) is 33.0. The summed E-state index contributed by atoms with van der Waals surface area (Å²) in [5, 5.41) is 0. The molecule has 0 radical (unpaired) electrons. The Labute approximate surface area is 147 Å². The van der Waals surface area contributed by atoms with E-state index in [1.807, 2.05) is 6.07 Å². The van der Waals surface area contributed by atoms with Crippen molar-refractivity contribution in [3.8, 4) is 0 Å². The lowest BCUT2D eigenvalue weighted by atomic mass is 9.48. The van der Waals surface area contributed by atoms with Crippen LogP contribution in [0.15, 0.2) is 47.4 Å². The van der Waals surface area contributed by atoms with E-state index in [1.165, 1.54) is 12.8 Å². The number of allylic oxidation sites excluding steroid dienone is 1. The first-order chi connectivity index (χ1) is 11.2. The summed E-state index contributed by atoms with van der Waals surface area (Å²) in [6, 6.07) is 8.89. The number of fused-ring (bicyclic) bond motifs is 1. The number of sulfone groups is 1. The standard InChI is InChI=1S/C21H30O2S/c1-16-11-12-19-20(2,3)13-8-14-21(19,4)18(16)15-24(22,23)17-9-6-5-7-10-17/h5-7,9-10,18-19H,1,8,11-15H2,2-4H3/t18-,19+,21-/m1/s1. The zero-order chi connectivity index (χ0) is 17.6. The summed E-state index contributed by atoms with van der Waals surface area (Å²) in [5.74, 6) is 0.861. The van der Waals surface area contributed by atoms with Gasteiger partial charge in [0.05, 0.1) is 10.6 Å². The second-order valence-electron chi connectivity index (χ2n) is 8.74. The van der Waals surface area contributed by atoms with E-state index in [0.29, 0.717) is 16.2 Å². The minimum Gasteiger partial charge on any atom is -0.224 e. The van der Waals surface area contributed by atoms with Gasteiger partial charge in [-0.15, -0.1) is 0 Å². The molecule has 0 bridgehead atoms. The number of hydrogen-bond acceptors (Lipinski definition) is 2. The molecule has 2 nitrogen and oxygen atoms in total. The molecular formula is C21H30O2S. The molecule has 0 aromatic heterocycles. The van der Waals surface area contributed by atoms with E-state index in [4.69, 9.17) is 0 Å². The second-order valence-corrected chi connectivity index (χ2v) is 10.8. The molecule has 0 aliphatic heterocycles. The maximum Gasteiger partial charge on any atom is 0.178 e. The van der Waals surface area contributed by atoms with Gasteiger partial charge in [0, 0.05) is 0 Å². The van der Waals surface area contributed by atoms with Gasteiger partial charge in [0.2, 0.25) is 0 Å². The zero-order valence-electron chi connectivity index (χ0n) is 15.2. The Kier molecular flexibility index (Phi) is 4.44. The Bertz CT molecular complexity index is 717. The van der Waals surface area contributed by atoms with Crippen molar-refractivity contribution in [3.05, 3.63) is 42.5 Å². The van der Waals surface area contributed by atoms with Gasteiger partial charge in [-0.3, -0.25) is 0 Å². The highest BCUT2D eigenvalue weighted by Gasteiger charge is 2.53. The highest BCUT2D eigenvalue weighted by atomic mass is 32.2. The van der Waals surface area contributed by atoms with Gasteiger partial charge in [0.1, 0.15) is 0 Å². The first kappa shape index (κ1) is 17.7. The van der Waals surface area contributed by atoms with Crippen LogP contribution in [0.1, 0.15) is 52.9 Å². The maximum absolute atomic E-state index is 13.0. The van der Waals surface area contributed by atoms with E-state index in [-0.39, 0.29) is 17.1 Å². The lowest BCUT2D eigenvalue weighted by Crippen LogP contribution is -2.51. The van der Waals surface area contributed by atoms with E-state index in [0.717, 1.165) is 24.8 Å². The van der Waals surface area contributed by atoms with Crippen LogP contribution in [0.2, 0.25) is 0 Å². The van der Waals surface area contributed by atoms with Crippen molar-refractivity contribution in [2.45, 2.75) is 57.8 Å². The third-order valence-electron chi connectivity index (χ3n) is 6.81. The molecule has 132 valence electrons. The van der Waals surface area contributed by atoms with E-state index in [1.54, 1.807) is 24.3 Å². The van der Waals surface area contributed by atoms with Gasteiger partial charge in [-0.25, -0.2) is 8.42 Å². The van der Waals surface area contributed by atoms with Crippen LogP contribution in [-0.4, -0.2) is 14.2 Å². The molecular weight excluding hydrogens is 316 g/mol. The van der Waals surface area contributed by atoms with E-state index >= 15 is 0 Å². The fraction of sp³-hybridized carbons (Fsp3) is 0.619. The molecule has 0 unspecified atom stereocenters. The highest BCUT2D eigenvalue weighted by molar-refractivity contribution is 7.91. The fourth-order valence-corrected chi connectivity index (χ4v) is 7.35. The molecule has 1 aromatic carbocycles. The van der Waals surface area contributed by atoms with Gasteiger partial charge >= 0.3 is 0 Å². The largest absolute Gasteiger partial charge is 0.224 e. The van der Waals surface area contributed by atoms with E-state index in [2.05, 4.69) is 27.4 Å². The Balaban J connectivity index is 1.95. The number of rotatable bonds is 3. The van der Waals surface area contributed by atoms with Crippen molar-refractivity contribution < 1.29 is 8.42 Å². The average molecular weight is 347 g/mol. The molecule has 0 saturated heterocycles. The van der Waals surface area contributed by atoms with Crippen LogP contribution in [0, 0.1) is 22.7 Å². The minimum absolute atomic E-state index is 0.0545. The van der Waals surface area contributed by atoms with Crippen LogP contribution in [0.5, 0.6) is 0 Å². The smallest absolute Gasteiger partial charge is 0.178 e. The molecule has 2 saturated carbocycles. The van der Waals surface area contributed by atoms with Gasteiger partial charge < -0.3 is 0 Å². The molecule has 2 aliphatic carbocycles. The predicted octanol–water partition coefficient (Wildman–Crippen LogP) is 5.26. The summed E-state index contributed by atoms with van der Waals surface area (Å²) in [5.41, 5.74) is 1.49. The summed E-state index contributed by atoms with van der Waals surface area (Å²) < 4.78 is 26.0. The summed E-state index contributed by atoms with van der Waals surface area (Å²) in [4.78, 5) is 0.443. The molecule has 24 heavy (non-hydrogen) atoms. The SMILES string of the molecule is C=C1CC[C@H]2C(C)(C)CCC[C@]2(C)[C@@H]1CS(=O)(=O)c1ccccc1. The predicted molar refractivity (Wildman–Crippen MR) is 99.6 cm³/mol. The van der Waals surface area contributed by atoms with Crippen molar-refractivity contribution in [1.82, 2.24) is 0 Å². The van der Waals surface area contributed by atoms with Gasteiger partial charge in [-0.05, 0) is 60.5 Å². The van der Waals surface area contributed by atoms with Gasteiger partial charge in [0.15, 0.2) is 9.84 Å². The van der Waals surface area contributed by atoms with Crippen LogP contribution in [0.4, 0.5) is 0 Å². The third-order valence-corrected chi connectivity index (χ3v) is 8.57. The fourth-order valence-electron chi connectivity index (χ4n) is 5.53. The molecule has 0 N–H and O–H groups in total. The summed E-state index contributed by atoms with van der Waals surface area (Å²) in [6.07, 6.45) is 5.69. The Hall–Kier alpha value is -1.09. The van der Waals surface area contributed by atoms with Crippen molar-refractivity contribution >= 4 is 9.84 Å². The minimum atomic E-state index is -3.28. The van der Waals surface area contributed by atoms with Crippen LogP contribution in [-0.2, 0) is 9.84 Å². The van der Waals surface area contributed by atoms with E-state index in [9.17, 15) is 8.42 Å². The highest BCUT2D eigenvalue weighted by Crippen LogP contribution is 2.61. The molecule has 0 heterocycles. The molecule has 2 fully saturated rings. The van der Waals surface area contributed by atoms with Crippen molar-refractivity contribution in [2.75, 3.05) is 5.75 Å². The summed E-state index contributed by atoms with van der Waals surface area (Å²) in [6.45, 7) is 11.4. The van der Waals surface area contributed by atoms with Gasteiger partial charge in [-0.1, -0.05) is 57.5 Å². The molecule has 3 atom stereocenters. The maximum atomic E-state index is 13.0. The molecule has 0 spiro atoms. The lowest BCUT2D eigenvalue weighted by molar-refractivity contribution is -0.0458. The Morgan fingerprint density at radius 2 is 1.79 bits per heavy atom. The Morgan fingerprint density at radius 3 is 2.46 bits per heavy atom. The third kappa shape index (κ3) is 2.96. The van der Waals surface area contributed by atoms with Crippen LogP contribution in [0.25, 0.3) is 0 Å². The summed E-state index contributed by atoms with van der Waals surface area (Å²) >= 11 is 0. The average Bonchev–Trinajstić information content (AvgIpc) is 2.51. The number of benzene rings is 1. The van der Waals surface area contributed by atoms with Crippen LogP contribution >= 0.6 is 0 Å². The Morgan fingerprint density at radius 1 is 1.12 bits per heavy atom. The zero-order valence-corrected chi connectivity index (χ0v) is 16.0. The first-order valence-electron chi connectivity index (χ1n) is 9.12. The molecule has 0 amide bonds.